The van der Waals surface area contributed by atoms with Crippen molar-refractivity contribution in [3.63, 3.8) is 0 Å². The molecule has 1 N–H and O–H groups in total. The lowest BCUT2D eigenvalue weighted by molar-refractivity contribution is -0.136. The highest BCUT2D eigenvalue weighted by molar-refractivity contribution is 8.00. The number of hydrogen-bond acceptors (Lipinski definition) is 2. The second-order valence-corrected chi connectivity index (χ2v) is 4.94. The maximum atomic E-state index is 13.0. The lowest BCUT2D eigenvalue weighted by Gasteiger charge is -2.10. The van der Waals surface area contributed by atoms with Crippen LogP contribution >= 0.6 is 11.8 Å². The Balaban J connectivity index is 3.48. The van der Waals surface area contributed by atoms with Gasteiger partial charge in [0, 0.05) is 0 Å². The second kappa shape index (κ2) is 9.01. The molecule has 0 saturated heterocycles. The molecule has 2 unspecified atom stereocenters. The van der Waals surface area contributed by atoms with E-state index >= 15 is 0 Å². The molecule has 0 aliphatic carbocycles. The zero-order valence-electron chi connectivity index (χ0n) is 9.54. The predicted molar refractivity (Wildman–Crippen MR) is 63.2 cm³/mol. The van der Waals surface area contributed by atoms with Crippen molar-refractivity contribution in [1.82, 2.24) is 0 Å². The largest absolute Gasteiger partial charge is 0.480 e. The summed E-state index contributed by atoms with van der Waals surface area (Å²) in [5, 5.41) is 8.45. The van der Waals surface area contributed by atoms with Gasteiger partial charge in [-0.2, -0.15) is 0 Å². The maximum absolute atomic E-state index is 13.0. The summed E-state index contributed by atoms with van der Waals surface area (Å²) in [6.45, 7) is 3.83. The van der Waals surface area contributed by atoms with E-state index in [9.17, 15) is 9.18 Å². The normalized spacial score (nSPS) is 14.9. The van der Waals surface area contributed by atoms with Crippen LogP contribution in [0.5, 0.6) is 0 Å². The summed E-state index contributed by atoms with van der Waals surface area (Å²) >= 11 is 1.42. The Kier molecular flexibility index (Phi) is 8.86. The summed E-state index contributed by atoms with van der Waals surface area (Å²) in [6.07, 6.45) is 2.77. The number of thioether (sulfide) groups is 1. The zero-order valence-corrected chi connectivity index (χ0v) is 10.4. The highest BCUT2D eigenvalue weighted by Gasteiger charge is 2.15. The van der Waals surface area contributed by atoms with Gasteiger partial charge in [0.2, 0.25) is 0 Å². The van der Waals surface area contributed by atoms with Crippen molar-refractivity contribution in [2.75, 3.05) is 5.75 Å². The molecule has 0 aliphatic rings. The van der Waals surface area contributed by atoms with Gasteiger partial charge in [0.25, 0.3) is 0 Å². The Morgan fingerprint density at radius 1 is 1.40 bits per heavy atom. The Morgan fingerprint density at radius 3 is 2.53 bits per heavy atom. The molecule has 0 radical (unpaired) electrons. The summed E-state index contributed by atoms with van der Waals surface area (Å²) in [5.74, 6) is -0.0116. The molecular formula is C11H21FO2S. The van der Waals surface area contributed by atoms with E-state index in [1.165, 1.54) is 11.8 Å². The van der Waals surface area contributed by atoms with E-state index in [0.717, 1.165) is 18.6 Å². The third kappa shape index (κ3) is 7.65. The number of halogens is 1. The number of hydrogen-bond donors (Lipinski definition) is 1. The lowest BCUT2D eigenvalue weighted by atomic mass is 10.1. The van der Waals surface area contributed by atoms with Crippen LogP contribution in [0, 0.1) is 0 Å². The Bertz CT molecular complexity index is 176. The van der Waals surface area contributed by atoms with Crippen LogP contribution in [0.15, 0.2) is 0 Å². The summed E-state index contributed by atoms with van der Waals surface area (Å²) in [5.41, 5.74) is 0. The van der Waals surface area contributed by atoms with E-state index < -0.39 is 12.1 Å². The van der Waals surface area contributed by atoms with Gasteiger partial charge in [0.15, 0.2) is 0 Å². The minimum Gasteiger partial charge on any atom is -0.480 e. The van der Waals surface area contributed by atoms with Crippen LogP contribution in [0.3, 0.4) is 0 Å². The van der Waals surface area contributed by atoms with Gasteiger partial charge in [-0.15, -0.1) is 11.8 Å². The number of alkyl halides is 1. The molecule has 0 fully saturated rings. The van der Waals surface area contributed by atoms with Gasteiger partial charge >= 0.3 is 5.97 Å². The fourth-order valence-corrected chi connectivity index (χ4v) is 2.35. The minimum absolute atomic E-state index is 0.325. The molecule has 0 aliphatic heterocycles. The third-order valence-corrected chi connectivity index (χ3v) is 3.69. The van der Waals surface area contributed by atoms with Crippen LogP contribution in [-0.2, 0) is 4.79 Å². The molecule has 0 heterocycles. The first-order valence-electron chi connectivity index (χ1n) is 5.60. The monoisotopic (exact) mass is 236 g/mol. The van der Waals surface area contributed by atoms with Crippen LogP contribution in [0.2, 0.25) is 0 Å². The van der Waals surface area contributed by atoms with Crippen LogP contribution < -0.4 is 0 Å². The van der Waals surface area contributed by atoms with Gasteiger partial charge in [0.05, 0.1) is 0 Å². The first-order valence-corrected chi connectivity index (χ1v) is 6.65. The van der Waals surface area contributed by atoms with E-state index in [1.54, 1.807) is 0 Å². The fourth-order valence-electron chi connectivity index (χ4n) is 1.35. The fraction of sp³-hybridized carbons (Fsp3) is 0.909. The standard InChI is InChI=1S/C11H21FO2S/c1-3-6-9(12)7-5-8-15-10(4-2)11(13)14/h9-10H,3-8H2,1-2H3,(H,13,14). The van der Waals surface area contributed by atoms with Gasteiger partial charge in [-0.05, 0) is 31.4 Å². The molecule has 0 spiro atoms. The van der Waals surface area contributed by atoms with E-state index in [1.807, 2.05) is 13.8 Å². The van der Waals surface area contributed by atoms with Crippen molar-refractivity contribution in [3.05, 3.63) is 0 Å². The zero-order chi connectivity index (χ0) is 11.7. The van der Waals surface area contributed by atoms with Crippen molar-refractivity contribution in [2.24, 2.45) is 0 Å². The Labute approximate surface area is 95.6 Å². The van der Waals surface area contributed by atoms with Crippen LogP contribution in [-0.4, -0.2) is 28.3 Å². The molecule has 0 aromatic heterocycles. The molecule has 0 saturated carbocycles. The minimum atomic E-state index is -0.757. The molecule has 0 aromatic rings. The summed E-state index contributed by atoms with van der Waals surface area (Å²) < 4.78 is 13.0. The van der Waals surface area contributed by atoms with Crippen molar-refractivity contribution in [2.45, 2.75) is 57.4 Å². The van der Waals surface area contributed by atoms with Crippen molar-refractivity contribution >= 4 is 17.7 Å². The summed E-state index contributed by atoms with van der Waals surface area (Å²) in [6, 6.07) is 0. The van der Waals surface area contributed by atoms with Crippen molar-refractivity contribution in [3.8, 4) is 0 Å². The Hall–Kier alpha value is -0.250. The van der Waals surface area contributed by atoms with Gasteiger partial charge in [-0.3, -0.25) is 4.79 Å². The van der Waals surface area contributed by atoms with Gasteiger partial charge in [-0.1, -0.05) is 20.3 Å². The van der Waals surface area contributed by atoms with Crippen LogP contribution in [0.1, 0.15) is 46.0 Å². The average molecular weight is 236 g/mol. The van der Waals surface area contributed by atoms with Crippen molar-refractivity contribution < 1.29 is 14.3 Å². The van der Waals surface area contributed by atoms with E-state index in [-0.39, 0.29) is 5.25 Å². The van der Waals surface area contributed by atoms with Gasteiger partial charge in [-0.25, -0.2) is 4.39 Å². The smallest absolute Gasteiger partial charge is 0.316 e. The van der Waals surface area contributed by atoms with Crippen LogP contribution in [0.4, 0.5) is 4.39 Å². The average Bonchev–Trinajstić information content (AvgIpc) is 2.17. The quantitative estimate of drug-likeness (QED) is 0.622. The SMILES string of the molecule is CCCC(F)CCCSC(CC)C(=O)O. The molecule has 0 bridgehead atoms. The Morgan fingerprint density at radius 2 is 2.07 bits per heavy atom. The third-order valence-electron chi connectivity index (χ3n) is 2.23. The number of carbonyl (C=O) groups is 1. The lowest BCUT2D eigenvalue weighted by Crippen LogP contribution is -2.15. The number of aliphatic carboxylic acids is 1. The predicted octanol–water partition coefficient (Wildman–Crippen LogP) is 3.50. The summed E-state index contributed by atoms with van der Waals surface area (Å²) in [4.78, 5) is 10.7. The van der Waals surface area contributed by atoms with Gasteiger partial charge < -0.3 is 5.11 Å². The summed E-state index contributed by atoms with van der Waals surface area (Å²) in [7, 11) is 0. The van der Waals surface area contributed by atoms with Crippen LogP contribution in [0.25, 0.3) is 0 Å². The molecule has 2 atom stereocenters. The second-order valence-electron chi connectivity index (χ2n) is 3.63. The van der Waals surface area contributed by atoms with Gasteiger partial charge in [0.1, 0.15) is 11.4 Å². The molecule has 15 heavy (non-hydrogen) atoms. The highest BCUT2D eigenvalue weighted by atomic mass is 32.2. The first kappa shape index (κ1) is 14.8. The number of carboxylic acids is 1. The molecule has 0 rings (SSSR count). The topological polar surface area (TPSA) is 37.3 Å². The van der Waals surface area contributed by atoms with E-state index in [4.69, 9.17) is 5.11 Å². The first-order chi connectivity index (χ1) is 7.11. The molecule has 0 aromatic carbocycles. The molecule has 2 nitrogen and oxygen atoms in total. The highest BCUT2D eigenvalue weighted by Crippen LogP contribution is 2.18. The molecule has 0 amide bonds. The molecule has 4 heteroatoms. The maximum Gasteiger partial charge on any atom is 0.316 e. The van der Waals surface area contributed by atoms with E-state index in [2.05, 4.69) is 0 Å². The molecule has 90 valence electrons. The van der Waals surface area contributed by atoms with Crippen molar-refractivity contribution in [1.29, 1.82) is 0 Å². The van der Waals surface area contributed by atoms with E-state index in [0.29, 0.717) is 19.3 Å². The molecular weight excluding hydrogens is 215 g/mol. The number of rotatable bonds is 9. The number of carboxylic acid groups (broad SMARTS) is 1.